The maximum Gasteiger partial charge on any atom is 0.231 e. The van der Waals surface area contributed by atoms with Crippen molar-refractivity contribution in [3.8, 4) is 11.5 Å². The van der Waals surface area contributed by atoms with E-state index in [9.17, 15) is 0 Å². The van der Waals surface area contributed by atoms with Crippen LogP contribution in [0.2, 0.25) is 0 Å². The van der Waals surface area contributed by atoms with Gasteiger partial charge in [-0.2, -0.15) is 5.10 Å². The Kier molecular flexibility index (Phi) is 3.91. The molecule has 2 heterocycles. The molecule has 1 aromatic heterocycles. The van der Waals surface area contributed by atoms with Crippen LogP contribution in [0.1, 0.15) is 22.5 Å². The van der Waals surface area contributed by atoms with Crippen LogP contribution in [0.4, 0.5) is 0 Å². The lowest BCUT2D eigenvalue weighted by atomic mass is 10.1. The average molecular weight is 352 g/mol. The summed E-state index contributed by atoms with van der Waals surface area (Å²) in [7, 11) is 1.97. The van der Waals surface area contributed by atoms with Crippen molar-refractivity contribution in [3.63, 3.8) is 0 Å². The maximum absolute atomic E-state index is 5.43. The van der Waals surface area contributed by atoms with Gasteiger partial charge in [-0.3, -0.25) is 4.68 Å². The summed E-state index contributed by atoms with van der Waals surface area (Å²) in [6.07, 6.45) is 0. The van der Waals surface area contributed by atoms with Crippen LogP contribution in [0.25, 0.3) is 0 Å². The molecule has 1 aliphatic heterocycles. The minimum absolute atomic E-state index is 0.291. The van der Waals surface area contributed by atoms with Crippen molar-refractivity contribution in [1.82, 2.24) is 15.1 Å². The Bertz CT molecular complexity index is 682. The van der Waals surface area contributed by atoms with Crippen LogP contribution >= 0.6 is 15.9 Å². The maximum atomic E-state index is 5.43. The Morgan fingerprint density at radius 1 is 1.29 bits per heavy atom. The van der Waals surface area contributed by atoms with Crippen LogP contribution in [0, 0.1) is 13.8 Å². The highest BCUT2D eigenvalue weighted by atomic mass is 79.9. The highest BCUT2D eigenvalue weighted by Gasteiger charge is 2.18. The molecule has 3 rings (SSSR count). The van der Waals surface area contributed by atoms with E-state index in [1.54, 1.807) is 0 Å². The van der Waals surface area contributed by atoms with Crippen LogP contribution < -0.4 is 14.8 Å². The third-order valence-electron chi connectivity index (χ3n) is 3.78. The van der Waals surface area contributed by atoms with Crippen LogP contribution in [0.5, 0.6) is 11.5 Å². The first kappa shape index (κ1) is 14.4. The lowest BCUT2D eigenvalue weighted by Gasteiger charge is -2.08. The molecule has 0 bridgehead atoms. The summed E-state index contributed by atoms with van der Waals surface area (Å²) in [6.45, 7) is 5.99. The zero-order valence-electron chi connectivity index (χ0n) is 12.4. The van der Waals surface area contributed by atoms with E-state index in [4.69, 9.17) is 9.47 Å². The second-order valence-corrected chi connectivity index (χ2v) is 6.04. The topological polar surface area (TPSA) is 48.3 Å². The molecule has 0 radical (unpaired) electrons. The molecule has 0 atom stereocenters. The first-order chi connectivity index (χ1) is 10.1. The number of nitrogens with zero attached hydrogens (tertiary/aromatic N) is 2. The molecule has 1 aliphatic rings. The summed E-state index contributed by atoms with van der Waals surface area (Å²) >= 11 is 3.52. The molecule has 0 unspecified atom stereocenters. The van der Waals surface area contributed by atoms with Gasteiger partial charge < -0.3 is 14.8 Å². The number of fused-ring (bicyclic) bond motifs is 1. The number of aryl methyl sites for hydroxylation is 2. The summed E-state index contributed by atoms with van der Waals surface area (Å²) in [5, 5.41) is 7.89. The lowest BCUT2D eigenvalue weighted by Crippen LogP contribution is -2.14. The lowest BCUT2D eigenvalue weighted by molar-refractivity contribution is 0.173. The molecule has 0 saturated carbocycles. The number of hydrogen-bond donors (Lipinski definition) is 1. The third-order valence-corrected chi connectivity index (χ3v) is 4.37. The quantitative estimate of drug-likeness (QED) is 0.919. The number of rotatable bonds is 4. The molecule has 0 saturated heterocycles. The average Bonchev–Trinajstić information content (AvgIpc) is 2.99. The Labute approximate surface area is 132 Å². The second-order valence-electron chi connectivity index (χ2n) is 5.19. The molecule has 1 N–H and O–H groups in total. The minimum Gasteiger partial charge on any atom is -0.454 e. The molecule has 0 amide bonds. The Morgan fingerprint density at radius 3 is 2.81 bits per heavy atom. The van der Waals surface area contributed by atoms with E-state index in [2.05, 4.69) is 39.3 Å². The van der Waals surface area contributed by atoms with Gasteiger partial charge in [-0.1, -0.05) is 0 Å². The van der Waals surface area contributed by atoms with Crippen molar-refractivity contribution >= 4 is 15.9 Å². The number of halogens is 1. The van der Waals surface area contributed by atoms with E-state index in [0.29, 0.717) is 6.79 Å². The standard InChI is InChI=1S/C15H18BrN3O2/c1-9-12(10(2)19(3)18-9)7-17-6-11-4-13(16)15-14(5-11)20-8-21-15/h4-5,17H,6-8H2,1-3H3. The normalized spacial score (nSPS) is 13.0. The number of nitrogens with one attached hydrogen (secondary N) is 1. The Balaban J connectivity index is 1.67. The fourth-order valence-corrected chi connectivity index (χ4v) is 3.13. The van der Waals surface area contributed by atoms with Crippen molar-refractivity contribution in [3.05, 3.63) is 39.1 Å². The molecule has 2 aromatic rings. The Hall–Kier alpha value is -1.53. The summed E-state index contributed by atoms with van der Waals surface area (Å²) in [5.74, 6) is 1.59. The summed E-state index contributed by atoms with van der Waals surface area (Å²) in [6, 6.07) is 4.08. The molecular formula is C15H18BrN3O2. The number of benzene rings is 1. The van der Waals surface area contributed by atoms with Crippen molar-refractivity contribution in [2.75, 3.05) is 6.79 Å². The molecule has 5 nitrogen and oxygen atoms in total. The van der Waals surface area contributed by atoms with Gasteiger partial charge in [0, 0.05) is 31.4 Å². The molecule has 0 aliphatic carbocycles. The van der Waals surface area contributed by atoms with Crippen molar-refractivity contribution in [2.24, 2.45) is 7.05 Å². The highest BCUT2D eigenvalue weighted by Crippen LogP contribution is 2.39. The van der Waals surface area contributed by atoms with Gasteiger partial charge in [-0.05, 0) is 47.5 Å². The molecule has 1 aromatic carbocycles. The summed E-state index contributed by atoms with van der Waals surface area (Å²) in [4.78, 5) is 0. The molecule has 6 heteroatoms. The highest BCUT2D eigenvalue weighted by molar-refractivity contribution is 9.10. The van der Waals surface area contributed by atoms with Gasteiger partial charge in [-0.15, -0.1) is 0 Å². The zero-order chi connectivity index (χ0) is 15.0. The SMILES string of the molecule is Cc1nn(C)c(C)c1CNCc1cc(Br)c2c(c1)OCO2. The summed E-state index contributed by atoms with van der Waals surface area (Å²) < 4.78 is 13.7. The predicted octanol–water partition coefficient (Wildman–Crippen LogP) is 2.82. The van der Waals surface area contributed by atoms with Gasteiger partial charge in [0.25, 0.3) is 0 Å². The third kappa shape index (κ3) is 2.78. The molecule has 112 valence electrons. The first-order valence-corrected chi connectivity index (χ1v) is 7.63. The fraction of sp³-hybridized carbons (Fsp3) is 0.400. The van der Waals surface area contributed by atoms with Gasteiger partial charge in [0.2, 0.25) is 6.79 Å². The van der Waals surface area contributed by atoms with Crippen molar-refractivity contribution < 1.29 is 9.47 Å². The van der Waals surface area contributed by atoms with Crippen LogP contribution in [0.15, 0.2) is 16.6 Å². The van der Waals surface area contributed by atoms with Crippen molar-refractivity contribution in [2.45, 2.75) is 26.9 Å². The van der Waals surface area contributed by atoms with E-state index in [0.717, 1.165) is 40.3 Å². The van der Waals surface area contributed by atoms with E-state index in [1.807, 2.05) is 24.7 Å². The van der Waals surface area contributed by atoms with E-state index < -0.39 is 0 Å². The number of ether oxygens (including phenoxy) is 2. The van der Waals surface area contributed by atoms with Gasteiger partial charge >= 0.3 is 0 Å². The van der Waals surface area contributed by atoms with E-state index in [-0.39, 0.29) is 0 Å². The fourth-order valence-electron chi connectivity index (χ4n) is 2.53. The molecule has 21 heavy (non-hydrogen) atoms. The van der Waals surface area contributed by atoms with Crippen LogP contribution in [-0.4, -0.2) is 16.6 Å². The molecule has 0 fully saturated rings. The van der Waals surface area contributed by atoms with E-state index in [1.165, 1.54) is 11.3 Å². The molecular weight excluding hydrogens is 334 g/mol. The monoisotopic (exact) mass is 351 g/mol. The van der Waals surface area contributed by atoms with Crippen LogP contribution in [0.3, 0.4) is 0 Å². The van der Waals surface area contributed by atoms with Crippen LogP contribution in [-0.2, 0) is 20.1 Å². The summed E-state index contributed by atoms with van der Waals surface area (Å²) in [5.41, 5.74) is 4.70. The second kappa shape index (κ2) is 5.69. The Morgan fingerprint density at radius 2 is 2.10 bits per heavy atom. The number of hydrogen-bond acceptors (Lipinski definition) is 4. The first-order valence-electron chi connectivity index (χ1n) is 6.84. The smallest absolute Gasteiger partial charge is 0.231 e. The van der Waals surface area contributed by atoms with Gasteiger partial charge in [0.05, 0.1) is 10.2 Å². The molecule has 0 spiro atoms. The zero-order valence-corrected chi connectivity index (χ0v) is 14.0. The number of aromatic nitrogens is 2. The van der Waals surface area contributed by atoms with Gasteiger partial charge in [0.1, 0.15) is 0 Å². The van der Waals surface area contributed by atoms with Gasteiger partial charge in [0.15, 0.2) is 11.5 Å². The van der Waals surface area contributed by atoms with Gasteiger partial charge in [-0.25, -0.2) is 0 Å². The largest absolute Gasteiger partial charge is 0.454 e. The van der Waals surface area contributed by atoms with Crippen molar-refractivity contribution in [1.29, 1.82) is 0 Å². The predicted molar refractivity (Wildman–Crippen MR) is 83.5 cm³/mol. The van der Waals surface area contributed by atoms with E-state index >= 15 is 0 Å². The minimum atomic E-state index is 0.291.